The predicted octanol–water partition coefficient (Wildman–Crippen LogP) is 13.0. The molecule has 348 valence electrons. The molecule has 0 amide bonds. The lowest BCUT2D eigenvalue weighted by Gasteiger charge is -2.47. The van der Waals surface area contributed by atoms with Gasteiger partial charge in [0.2, 0.25) is 0 Å². The fourth-order valence-corrected chi connectivity index (χ4v) is 11.3. The third kappa shape index (κ3) is 10.6. The van der Waals surface area contributed by atoms with Crippen molar-refractivity contribution in [2.75, 3.05) is 0 Å². The van der Waals surface area contributed by atoms with Gasteiger partial charge in [0.15, 0.2) is 0 Å². The van der Waals surface area contributed by atoms with Gasteiger partial charge in [0.25, 0.3) is 0 Å². The summed E-state index contributed by atoms with van der Waals surface area (Å²) < 4.78 is 17.0. The Morgan fingerprint density at radius 3 is 1.55 bits per heavy atom. The monoisotopic (exact) mass is 875 g/mol. The predicted molar refractivity (Wildman–Crippen MR) is 256 cm³/mol. The van der Waals surface area contributed by atoms with Crippen LogP contribution < -0.4 is 9.47 Å². The largest absolute Gasteiger partial charge is 0.508 e. The highest BCUT2D eigenvalue weighted by atomic mass is 16.5. The normalized spacial score (nSPS) is 22.0. The zero-order chi connectivity index (χ0) is 45.9. The van der Waals surface area contributed by atoms with E-state index in [0.717, 1.165) is 74.2 Å². The van der Waals surface area contributed by atoms with Gasteiger partial charge in [0, 0.05) is 41.3 Å². The van der Waals surface area contributed by atoms with Crippen LogP contribution in [0.5, 0.6) is 23.0 Å². The van der Waals surface area contributed by atoms with Crippen molar-refractivity contribution in [3.8, 4) is 23.0 Å². The summed E-state index contributed by atoms with van der Waals surface area (Å²) in [6.45, 7) is 24.0. The molecule has 0 spiro atoms. The SMILES string of the molecule is CCCCCCC(C)(C)c1cc(O)c2c(c1)OC(C)(C)[C@H]1CC=C(Cn3cncn3)CC21.CCCCCCC(C)(C)c1cc(O)c2c(c1)OC(C)(C)[C@H]1CC=C(Cn3cnnc3)CC21. The fraction of sp³-hybridized carbons (Fsp3) is 0.630. The molecular formula is C54H78N6O4. The zero-order valence-corrected chi connectivity index (χ0v) is 40.8. The van der Waals surface area contributed by atoms with Crippen LogP contribution in [-0.4, -0.2) is 50.9 Å². The number of hydrogen-bond donors (Lipinski definition) is 2. The number of aromatic nitrogens is 6. The molecule has 2 N–H and O–H groups in total. The number of benzene rings is 2. The van der Waals surface area contributed by atoms with Gasteiger partial charge >= 0.3 is 0 Å². The lowest BCUT2D eigenvalue weighted by atomic mass is 9.66. The number of unbranched alkanes of at least 4 members (excludes halogenated alkanes) is 6. The van der Waals surface area contributed by atoms with Crippen molar-refractivity contribution in [1.29, 1.82) is 0 Å². The molecule has 4 atom stereocenters. The molecule has 10 heteroatoms. The standard InChI is InChI=1S/2C27H39N3O2/c1-6-7-8-9-12-26(2,3)20-14-23(31)25-21-13-19(16-30-17-28-29-18-30)10-11-22(21)27(4,5)32-24(25)15-20;1-6-7-8-9-12-26(2,3)20-14-23(31)25-21-13-19(16-30-18-28-17-29-30)10-11-22(21)27(4,5)32-24(25)15-20/h2*10,14-15,17-18,21-22,31H,6-9,11-13,16H2,1-5H3/t2*21?,22-/m00/s1. The Balaban J connectivity index is 0.000000191. The smallest absolute Gasteiger partial charge is 0.137 e. The van der Waals surface area contributed by atoms with Crippen molar-refractivity contribution in [2.45, 2.75) is 206 Å². The van der Waals surface area contributed by atoms with E-state index in [9.17, 15) is 10.2 Å². The highest BCUT2D eigenvalue weighted by molar-refractivity contribution is 5.55. The maximum Gasteiger partial charge on any atom is 0.137 e. The summed E-state index contributed by atoms with van der Waals surface area (Å²) in [6.07, 6.45) is 27.6. The summed E-state index contributed by atoms with van der Waals surface area (Å²) in [5, 5.41) is 34.6. The first kappa shape index (κ1) is 47.4. The molecule has 4 aliphatic rings. The minimum absolute atomic E-state index is 0.00925. The van der Waals surface area contributed by atoms with Crippen LogP contribution in [0.4, 0.5) is 0 Å². The molecule has 0 fully saturated rings. The number of phenolic OH excluding ortho intramolecular Hbond substituents is 2. The number of nitrogens with zero attached hydrogens (tertiary/aromatic N) is 6. The highest BCUT2D eigenvalue weighted by Crippen LogP contribution is 2.57. The highest BCUT2D eigenvalue weighted by Gasteiger charge is 2.48. The molecule has 2 aromatic carbocycles. The second-order valence-corrected chi connectivity index (χ2v) is 21.9. The molecule has 4 aromatic rings. The van der Waals surface area contributed by atoms with Gasteiger partial charge in [-0.25, -0.2) is 9.67 Å². The molecule has 0 radical (unpaired) electrons. The van der Waals surface area contributed by atoms with Gasteiger partial charge in [0.1, 0.15) is 59.5 Å². The fourth-order valence-electron chi connectivity index (χ4n) is 11.3. The maximum absolute atomic E-state index is 11.2. The Labute approximate surface area is 384 Å². The molecule has 4 heterocycles. The van der Waals surface area contributed by atoms with Gasteiger partial charge in [-0.2, -0.15) is 5.10 Å². The molecule has 0 bridgehead atoms. The number of fused-ring (bicyclic) bond motifs is 6. The van der Waals surface area contributed by atoms with Crippen molar-refractivity contribution in [1.82, 2.24) is 29.5 Å². The van der Waals surface area contributed by atoms with Crippen molar-refractivity contribution < 1.29 is 19.7 Å². The molecular weight excluding hydrogens is 797 g/mol. The van der Waals surface area contributed by atoms with Gasteiger partial charge < -0.3 is 24.3 Å². The van der Waals surface area contributed by atoms with Crippen molar-refractivity contribution in [2.24, 2.45) is 11.8 Å². The second kappa shape index (κ2) is 19.5. The lowest BCUT2D eigenvalue weighted by Crippen LogP contribution is -2.45. The van der Waals surface area contributed by atoms with E-state index in [0.29, 0.717) is 23.3 Å². The van der Waals surface area contributed by atoms with Gasteiger partial charge in [-0.1, -0.05) is 116 Å². The minimum atomic E-state index is -0.275. The van der Waals surface area contributed by atoms with Crippen LogP contribution in [0.25, 0.3) is 0 Å². The van der Waals surface area contributed by atoms with Gasteiger partial charge in [-0.3, -0.25) is 0 Å². The van der Waals surface area contributed by atoms with Crippen LogP contribution in [0.2, 0.25) is 0 Å². The summed E-state index contributed by atoms with van der Waals surface area (Å²) >= 11 is 0. The van der Waals surface area contributed by atoms with Crippen LogP contribution >= 0.6 is 0 Å². The number of phenols is 2. The van der Waals surface area contributed by atoms with E-state index >= 15 is 0 Å². The molecule has 2 aromatic heterocycles. The first-order chi connectivity index (χ1) is 30.4. The second-order valence-electron chi connectivity index (χ2n) is 21.9. The van der Waals surface area contributed by atoms with E-state index in [1.165, 1.54) is 73.6 Å². The molecule has 0 saturated heterocycles. The van der Waals surface area contributed by atoms with Crippen molar-refractivity contribution in [3.05, 3.63) is 95.1 Å². The quantitative estimate of drug-likeness (QED) is 0.0843. The Morgan fingerprint density at radius 1 is 0.641 bits per heavy atom. The number of allylic oxidation sites excluding steroid dienone is 4. The molecule has 64 heavy (non-hydrogen) atoms. The summed E-state index contributed by atoms with van der Waals surface area (Å²) in [5.41, 5.74) is 6.53. The average Bonchev–Trinajstić information content (AvgIpc) is 3.95. The zero-order valence-electron chi connectivity index (χ0n) is 40.8. The van der Waals surface area contributed by atoms with E-state index in [2.05, 4.69) is 114 Å². The number of ether oxygens (including phenoxy) is 2. The number of rotatable bonds is 16. The van der Waals surface area contributed by atoms with Crippen LogP contribution in [0.15, 0.2) is 72.9 Å². The van der Waals surface area contributed by atoms with Crippen LogP contribution in [0.3, 0.4) is 0 Å². The van der Waals surface area contributed by atoms with Gasteiger partial charge in [-0.15, -0.1) is 10.2 Å². The lowest BCUT2D eigenvalue weighted by molar-refractivity contribution is 0.00672. The minimum Gasteiger partial charge on any atom is -0.508 e. The summed E-state index contributed by atoms with van der Waals surface area (Å²) in [7, 11) is 0. The Hall–Kier alpha value is -4.60. The van der Waals surface area contributed by atoms with E-state index in [-0.39, 0.29) is 33.9 Å². The van der Waals surface area contributed by atoms with Crippen molar-refractivity contribution in [3.63, 3.8) is 0 Å². The van der Waals surface area contributed by atoms with Crippen LogP contribution in [-0.2, 0) is 23.9 Å². The summed E-state index contributed by atoms with van der Waals surface area (Å²) in [6, 6.07) is 8.44. The Bertz CT molecular complexity index is 2080. The topological polar surface area (TPSA) is 120 Å². The molecule has 2 aliphatic carbocycles. The Morgan fingerprint density at radius 2 is 1.11 bits per heavy atom. The number of aromatic hydroxyl groups is 2. The molecule has 0 saturated carbocycles. The van der Waals surface area contributed by atoms with E-state index in [1.807, 2.05) is 21.4 Å². The molecule has 10 nitrogen and oxygen atoms in total. The Kier molecular flexibility index (Phi) is 14.4. The third-order valence-corrected chi connectivity index (χ3v) is 15.3. The summed E-state index contributed by atoms with van der Waals surface area (Å²) in [4.78, 5) is 4.07. The van der Waals surface area contributed by atoms with E-state index < -0.39 is 0 Å². The van der Waals surface area contributed by atoms with Gasteiger partial charge in [-0.05, 0) is 112 Å². The maximum atomic E-state index is 11.2. The first-order valence-electron chi connectivity index (χ1n) is 24.6. The molecule has 2 aliphatic heterocycles. The first-order valence-corrected chi connectivity index (χ1v) is 24.6. The van der Waals surface area contributed by atoms with E-state index in [4.69, 9.17) is 9.47 Å². The molecule has 2 unspecified atom stereocenters. The molecule has 8 rings (SSSR count). The van der Waals surface area contributed by atoms with Gasteiger partial charge in [0.05, 0.1) is 6.54 Å². The average molecular weight is 875 g/mol. The van der Waals surface area contributed by atoms with Crippen molar-refractivity contribution >= 4 is 0 Å². The number of hydrogen-bond acceptors (Lipinski definition) is 8. The van der Waals surface area contributed by atoms with E-state index in [1.54, 1.807) is 25.3 Å². The van der Waals surface area contributed by atoms with Crippen LogP contribution in [0.1, 0.15) is 193 Å². The van der Waals surface area contributed by atoms with Crippen LogP contribution in [0, 0.1) is 11.8 Å². The third-order valence-electron chi connectivity index (χ3n) is 15.3. The summed E-state index contributed by atoms with van der Waals surface area (Å²) in [5.74, 6) is 3.73.